The molecular weight excluding hydrogens is 308 g/mol. The molecule has 2 nitrogen and oxygen atoms in total. The number of rotatable bonds is 4. The summed E-state index contributed by atoms with van der Waals surface area (Å²) in [5.41, 5.74) is 1.30. The fourth-order valence-electron chi connectivity index (χ4n) is 2.77. The van der Waals surface area contributed by atoms with Crippen molar-refractivity contribution < 1.29 is 13.6 Å². The third-order valence-electron chi connectivity index (χ3n) is 4.07. The highest BCUT2D eigenvalue weighted by Crippen LogP contribution is 2.38. The van der Waals surface area contributed by atoms with E-state index in [4.69, 9.17) is 0 Å². The summed E-state index contributed by atoms with van der Waals surface area (Å²) in [5.74, 6) is -4.75. The van der Waals surface area contributed by atoms with Crippen LogP contribution in [0, 0.1) is 0 Å². The van der Waals surface area contributed by atoms with Gasteiger partial charge in [0.25, 0.3) is 5.91 Å². The van der Waals surface area contributed by atoms with Crippen LogP contribution in [0.4, 0.5) is 8.78 Å². The zero-order valence-electron chi connectivity index (χ0n) is 13.1. The fourth-order valence-corrected chi connectivity index (χ4v) is 2.77. The lowest BCUT2D eigenvalue weighted by atomic mass is 9.91. The second-order valence-corrected chi connectivity index (χ2v) is 5.71. The number of alkyl halides is 2. The van der Waals surface area contributed by atoms with Crippen molar-refractivity contribution in [3.63, 3.8) is 0 Å². The molecular formula is C20H17F2NO. The Morgan fingerprint density at radius 2 is 1.62 bits per heavy atom. The molecule has 1 heterocycles. The van der Waals surface area contributed by atoms with E-state index in [-0.39, 0.29) is 24.2 Å². The summed E-state index contributed by atoms with van der Waals surface area (Å²) in [7, 11) is 0. The molecule has 0 fully saturated rings. The number of benzene rings is 2. The summed E-state index contributed by atoms with van der Waals surface area (Å²) >= 11 is 0. The summed E-state index contributed by atoms with van der Waals surface area (Å²) in [5, 5.41) is 0. The van der Waals surface area contributed by atoms with Crippen molar-refractivity contribution in [2.24, 2.45) is 0 Å². The van der Waals surface area contributed by atoms with Crippen LogP contribution in [0.1, 0.15) is 11.1 Å². The molecule has 0 atom stereocenters. The second kappa shape index (κ2) is 6.40. The molecule has 2 aromatic carbocycles. The number of carbonyl (C=O) groups is 1. The summed E-state index contributed by atoms with van der Waals surface area (Å²) in [4.78, 5) is 13.5. The van der Waals surface area contributed by atoms with Gasteiger partial charge in [-0.05, 0) is 16.7 Å². The number of carbonyl (C=O) groups excluding carboxylic acids is 1. The largest absolute Gasteiger partial charge is 0.350 e. The van der Waals surface area contributed by atoms with Crippen LogP contribution in [0.2, 0.25) is 0 Å². The van der Waals surface area contributed by atoms with Crippen molar-refractivity contribution in [3.8, 4) is 0 Å². The van der Waals surface area contributed by atoms with Crippen LogP contribution in [-0.4, -0.2) is 23.3 Å². The van der Waals surface area contributed by atoms with Crippen molar-refractivity contribution in [1.82, 2.24) is 4.90 Å². The van der Waals surface area contributed by atoms with E-state index in [1.807, 2.05) is 30.3 Å². The molecule has 3 rings (SSSR count). The van der Waals surface area contributed by atoms with Crippen molar-refractivity contribution >= 4 is 11.5 Å². The first kappa shape index (κ1) is 16.1. The number of hydrogen-bond acceptors (Lipinski definition) is 1. The minimum atomic E-state index is -3.57. The maximum absolute atomic E-state index is 14.6. The molecule has 24 heavy (non-hydrogen) atoms. The van der Waals surface area contributed by atoms with Gasteiger partial charge in [-0.1, -0.05) is 73.3 Å². The van der Waals surface area contributed by atoms with E-state index in [9.17, 15) is 13.6 Å². The topological polar surface area (TPSA) is 20.3 Å². The van der Waals surface area contributed by atoms with E-state index in [0.717, 1.165) is 10.5 Å². The number of nitrogens with zero attached hydrogens (tertiary/aromatic N) is 1. The maximum Gasteiger partial charge on any atom is 0.350 e. The first-order valence-corrected chi connectivity index (χ1v) is 7.66. The fraction of sp³-hybridized carbons (Fsp3) is 0.150. The van der Waals surface area contributed by atoms with Crippen molar-refractivity contribution in [2.45, 2.75) is 12.5 Å². The molecule has 0 radical (unpaired) electrons. The third kappa shape index (κ3) is 3.00. The Bertz CT molecular complexity index is 782. The van der Waals surface area contributed by atoms with Gasteiger partial charge in [-0.2, -0.15) is 8.78 Å². The van der Waals surface area contributed by atoms with E-state index in [2.05, 4.69) is 6.58 Å². The van der Waals surface area contributed by atoms with Gasteiger partial charge >= 0.3 is 5.92 Å². The monoisotopic (exact) mass is 325 g/mol. The SMILES string of the molecule is C=C(C1=CCN(Cc2ccccc2)C(=O)C1(F)F)c1ccccc1. The standard InChI is InChI=1S/C20H17F2NO/c1-15(17-10-6-3-7-11-17)18-12-13-23(19(24)20(18,21)22)14-16-8-4-2-5-9-16/h2-12H,1,13-14H2. The van der Waals surface area contributed by atoms with Gasteiger partial charge in [0.05, 0.1) is 0 Å². The number of allylic oxidation sites excluding steroid dienone is 1. The second-order valence-electron chi connectivity index (χ2n) is 5.71. The Hall–Kier alpha value is -2.75. The molecule has 0 spiro atoms. The Morgan fingerprint density at radius 3 is 2.25 bits per heavy atom. The molecule has 0 N–H and O–H groups in total. The molecule has 0 aromatic heterocycles. The summed E-state index contributed by atoms with van der Waals surface area (Å²) in [6.45, 7) is 4.08. The molecule has 0 aliphatic carbocycles. The maximum atomic E-state index is 14.6. The predicted octanol–water partition coefficient (Wildman–Crippen LogP) is 4.30. The van der Waals surface area contributed by atoms with Crippen LogP contribution in [0.5, 0.6) is 0 Å². The molecule has 122 valence electrons. The van der Waals surface area contributed by atoms with Gasteiger partial charge in [0, 0.05) is 18.7 Å². The highest BCUT2D eigenvalue weighted by molar-refractivity contribution is 5.95. The lowest BCUT2D eigenvalue weighted by Gasteiger charge is -2.33. The van der Waals surface area contributed by atoms with Gasteiger partial charge in [-0.15, -0.1) is 0 Å². The van der Waals surface area contributed by atoms with Crippen LogP contribution in [0.25, 0.3) is 5.57 Å². The molecule has 0 unspecified atom stereocenters. The van der Waals surface area contributed by atoms with Crippen LogP contribution in [0.15, 0.2) is 78.9 Å². The van der Waals surface area contributed by atoms with Crippen LogP contribution >= 0.6 is 0 Å². The summed E-state index contributed by atoms with van der Waals surface area (Å²) in [6, 6.07) is 17.8. The molecule has 0 saturated heterocycles. The molecule has 1 amide bonds. The first-order valence-electron chi connectivity index (χ1n) is 7.66. The van der Waals surface area contributed by atoms with Crippen LogP contribution in [0.3, 0.4) is 0 Å². The van der Waals surface area contributed by atoms with Crippen molar-refractivity contribution in [3.05, 3.63) is 90.0 Å². The number of hydrogen-bond donors (Lipinski definition) is 0. The average Bonchev–Trinajstić information content (AvgIpc) is 2.60. The smallest absolute Gasteiger partial charge is 0.329 e. The average molecular weight is 325 g/mol. The molecule has 0 saturated carbocycles. The number of amides is 1. The lowest BCUT2D eigenvalue weighted by molar-refractivity contribution is -0.153. The quantitative estimate of drug-likeness (QED) is 0.820. The third-order valence-corrected chi connectivity index (χ3v) is 4.07. The summed E-state index contributed by atoms with van der Waals surface area (Å²) in [6.07, 6.45) is 1.40. The zero-order valence-corrected chi connectivity index (χ0v) is 13.1. The van der Waals surface area contributed by atoms with Gasteiger partial charge in [-0.3, -0.25) is 4.79 Å². The normalized spacial score (nSPS) is 16.7. The zero-order chi connectivity index (χ0) is 17.2. The van der Waals surface area contributed by atoms with E-state index >= 15 is 0 Å². The van der Waals surface area contributed by atoms with Gasteiger partial charge in [0.2, 0.25) is 0 Å². The Morgan fingerprint density at radius 1 is 1.04 bits per heavy atom. The molecule has 0 bridgehead atoms. The predicted molar refractivity (Wildman–Crippen MR) is 90.4 cm³/mol. The highest BCUT2D eigenvalue weighted by atomic mass is 19.3. The molecule has 2 aromatic rings. The van der Waals surface area contributed by atoms with E-state index in [1.165, 1.54) is 6.08 Å². The minimum Gasteiger partial charge on any atom is -0.329 e. The van der Waals surface area contributed by atoms with Gasteiger partial charge in [-0.25, -0.2) is 0 Å². The van der Waals surface area contributed by atoms with Gasteiger partial charge in [0.1, 0.15) is 0 Å². The van der Waals surface area contributed by atoms with Crippen LogP contribution in [-0.2, 0) is 11.3 Å². The lowest BCUT2D eigenvalue weighted by Crippen LogP contribution is -2.48. The van der Waals surface area contributed by atoms with Crippen molar-refractivity contribution in [1.29, 1.82) is 0 Å². The van der Waals surface area contributed by atoms with E-state index in [1.54, 1.807) is 30.3 Å². The van der Waals surface area contributed by atoms with Gasteiger partial charge < -0.3 is 4.90 Å². The Balaban J connectivity index is 1.86. The van der Waals surface area contributed by atoms with Crippen molar-refractivity contribution in [2.75, 3.05) is 6.54 Å². The molecule has 4 heteroatoms. The van der Waals surface area contributed by atoms with Gasteiger partial charge in [0.15, 0.2) is 0 Å². The Labute approximate surface area is 139 Å². The minimum absolute atomic E-state index is 0.143. The highest BCUT2D eigenvalue weighted by Gasteiger charge is 2.49. The van der Waals surface area contributed by atoms with E-state index in [0.29, 0.717) is 5.56 Å². The molecule has 1 aliphatic rings. The van der Waals surface area contributed by atoms with E-state index < -0.39 is 11.8 Å². The number of halogens is 2. The Kier molecular flexibility index (Phi) is 4.30. The molecule has 1 aliphatic heterocycles. The first-order chi connectivity index (χ1) is 11.5. The van der Waals surface area contributed by atoms with Crippen LogP contribution < -0.4 is 0 Å². The summed E-state index contributed by atoms with van der Waals surface area (Å²) < 4.78 is 29.3.